The van der Waals surface area contributed by atoms with Gasteiger partial charge in [-0.1, -0.05) is 30.7 Å². The summed E-state index contributed by atoms with van der Waals surface area (Å²) in [6, 6.07) is 5.96. The zero-order chi connectivity index (χ0) is 13.8. The summed E-state index contributed by atoms with van der Waals surface area (Å²) < 4.78 is 26.9. The van der Waals surface area contributed by atoms with Crippen molar-refractivity contribution >= 4 is 22.9 Å². The van der Waals surface area contributed by atoms with Crippen molar-refractivity contribution in [3.8, 4) is 0 Å². The van der Waals surface area contributed by atoms with Gasteiger partial charge < -0.3 is 5.32 Å². The van der Waals surface area contributed by atoms with Gasteiger partial charge in [-0.25, -0.2) is 8.78 Å². The molecule has 0 aliphatic rings. The van der Waals surface area contributed by atoms with Gasteiger partial charge in [0.05, 0.1) is 5.02 Å². The molecule has 102 valence electrons. The molecule has 0 fully saturated rings. The molecule has 1 aromatic heterocycles. The summed E-state index contributed by atoms with van der Waals surface area (Å²) >= 11 is 7.63. The molecule has 2 rings (SSSR count). The maximum absolute atomic E-state index is 13.7. The monoisotopic (exact) mass is 301 g/mol. The quantitative estimate of drug-likeness (QED) is 0.853. The van der Waals surface area contributed by atoms with Crippen molar-refractivity contribution in [1.29, 1.82) is 0 Å². The van der Waals surface area contributed by atoms with Crippen LogP contribution in [0.2, 0.25) is 5.02 Å². The first-order valence-electron chi connectivity index (χ1n) is 6.02. The van der Waals surface area contributed by atoms with Crippen LogP contribution in [0, 0.1) is 11.6 Å². The van der Waals surface area contributed by atoms with Crippen LogP contribution in [0.5, 0.6) is 0 Å². The molecule has 1 N–H and O–H groups in total. The number of hydrogen-bond donors (Lipinski definition) is 1. The summed E-state index contributed by atoms with van der Waals surface area (Å²) in [5.41, 5.74) is 0.357. The van der Waals surface area contributed by atoms with Gasteiger partial charge in [0, 0.05) is 10.9 Å². The lowest BCUT2D eigenvalue weighted by atomic mass is 10.0. The molecule has 0 saturated heterocycles. The maximum atomic E-state index is 13.7. The average molecular weight is 302 g/mol. The van der Waals surface area contributed by atoms with E-state index in [0.29, 0.717) is 17.0 Å². The summed E-state index contributed by atoms with van der Waals surface area (Å²) in [5.74, 6) is -1.59. The van der Waals surface area contributed by atoms with E-state index in [0.717, 1.165) is 17.5 Å². The Labute approximate surface area is 120 Å². The molecule has 1 unspecified atom stereocenters. The predicted octanol–water partition coefficient (Wildman–Crippen LogP) is 4.57. The van der Waals surface area contributed by atoms with Crippen LogP contribution in [-0.4, -0.2) is 6.54 Å². The van der Waals surface area contributed by atoms with Gasteiger partial charge in [0.2, 0.25) is 0 Å². The lowest BCUT2D eigenvalue weighted by Crippen LogP contribution is -2.22. The van der Waals surface area contributed by atoms with Gasteiger partial charge in [-0.15, -0.1) is 11.3 Å². The van der Waals surface area contributed by atoms with Crippen LogP contribution in [0.15, 0.2) is 29.6 Å². The average Bonchev–Trinajstić information content (AvgIpc) is 2.80. The summed E-state index contributed by atoms with van der Waals surface area (Å²) in [6.45, 7) is 2.70. The van der Waals surface area contributed by atoms with Crippen molar-refractivity contribution in [3.63, 3.8) is 0 Å². The van der Waals surface area contributed by atoms with Crippen LogP contribution in [0.4, 0.5) is 8.78 Å². The van der Waals surface area contributed by atoms with Crippen molar-refractivity contribution < 1.29 is 8.78 Å². The first-order chi connectivity index (χ1) is 9.13. The zero-order valence-electron chi connectivity index (χ0n) is 10.4. The third-order valence-corrected chi connectivity index (χ3v) is 4.34. The van der Waals surface area contributed by atoms with E-state index in [-0.39, 0.29) is 6.04 Å². The van der Waals surface area contributed by atoms with Crippen molar-refractivity contribution in [2.45, 2.75) is 19.4 Å². The highest BCUT2D eigenvalue weighted by Crippen LogP contribution is 2.31. The van der Waals surface area contributed by atoms with Crippen molar-refractivity contribution in [3.05, 3.63) is 56.7 Å². The van der Waals surface area contributed by atoms with Gasteiger partial charge >= 0.3 is 0 Å². The van der Waals surface area contributed by atoms with Crippen LogP contribution < -0.4 is 5.32 Å². The normalized spacial score (nSPS) is 12.6. The fourth-order valence-corrected chi connectivity index (χ4v) is 3.25. The minimum Gasteiger partial charge on any atom is -0.309 e. The summed E-state index contributed by atoms with van der Waals surface area (Å²) in [6.07, 6.45) is 0.373. The van der Waals surface area contributed by atoms with E-state index < -0.39 is 11.6 Å². The second-order valence-electron chi connectivity index (χ2n) is 4.16. The fraction of sp³-hybridized carbons (Fsp3) is 0.286. The number of benzene rings is 1. The zero-order valence-corrected chi connectivity index (χ0v) is 12.0. The molecular weight excluding hydrogens is 288 g/mol. The molecule has 0 amide bonds. The highest BCUT2D eigenvalue weighted by molar-refractivity contribution is 7.10. The second-order valence-corrected chi connectivity index (χ2v) is 5.52. The Kier molecular flexibility index (Phi) is 4.91. The maximum Gasteiger partial charge on any atom is 0.162 e. The van der Waals surface area contributed by atoms with Gasteiger partial charge in [-0.05, 0) is 36.0 Å². The Balaban J connectivity index is 2.27. The van der Waals surface area contributed by atoms with Gasteiger partial charge in [0.15, 0.2) is 11.6 Å². The minimum absolute atomic E-state index is 0.103. The highest BCUT2D eigenvalue weighted by Gasteiger charge is 2.18. The number of rotatable bonds is 5. The first kappa shape index (κ1) is 14.4. The topological polar surface area (TPSA) is 12.0 Å². The molecule has 0 bridgehead atoms. The van der Waals surface area contributed by atoms with Crippen LogP contribution in [0.1, 0.15) is 23.4 Å². The van der Waals surface area contributed by atoms with Crippen LogP contribution in [0.25, 0.3) is 0 Å². The second kappa shape index (κ2) is 6.46. The molecule has 0 saturated carbocycles. The Hall–Kier alpha value is -0.970. The molecule has 0 radical (unpaired) electrons. The summed E-state index contributed by atoms with van der Waals surface area (Å²) in [4.78, 5) is 0.951. The highest BCUT2D eigenvalue weighted by atomic mass is 35.5. The molecule has 1 heterocycles. The van der Waals surface area contributed by atoms with E-state index in [1.54, 1.807) is 6.07 Å². The van der Waals surface area contributed by atoms with E-state index in [1.165, 1.54) is 17.4 Å². The Morgan fingerprint density at radius 2 is 2.11 bits per heavy atom. The first-order valence-corrected chi connectivity index (χ1v) is 7.28. The third kappa shape index (κ3) is 3.32. The smallest absolute Gasteiger partial charge is 0.162 e. The van der Waals surface area contributed by atoms with Gasteiger partial charge in [0.1, 0.15) is 0 Å². The number of nitrogens with one attached hydrogen (secondary N) is 1. The standard InChI is InChI=1S/C14H14ClF2NS/c1-2-18-12(14-10(15)6-7-19-14)8-9-4-3-5-11(16)13(9)17/h3-7,12,18H,2,8H2,1H3. The Bertz CT molecular complexity index is 556. The van der Waals surface area contributed by atoms with Crippen LogP contribution in [-0.2, 0) is 6.42 Å². The predicted molar refractivity (Wildman–Crippen MR) is 75.8 cm³/mol. The lowest BCUT2D eigenvalue weighted by Gasteiger charge is -2.17. The minimum atomic E-state index is -0.815. The van der Waals surface area contributed by atoms with Crippen molar-refractivity contribution in [1.82, 2.24) is 5.32 Å². The van der Waals surface area contributed by atoms with Crippen LogP contribution >= 0.6 is 22.9 Å². The summed E-state index contributed by atoms with van der Waals surface area (Å²) in [5, 5.41) is 5.81. The molecule has 19 heavy (non-hydrogen) atoms. The molecule has 0 spiro atoms. The molecule has 2 aromatic rings. The molecule has 0 aliphatic carbocycles. The van der Waals surface area contributed by atoms with E-state index in [4.69, 9.17) is 11.6 Å². The molecular formula is C14H14ClF2NS. The van der Waals surface area contributed by atoms with E-state index >= 15 is 0 Å². The number of thiophene rings is 1. The molecule has 1 aromatic carbocycles. The number of likely N-dealkylation sites (N-methyl/N-ethyl adjacent to an activating group) is 1. The van der Waals surface area contributed by atoms with E-state index in [2.05, 4.69) is 5.32 Å². The van der Waals surface area contributed by atoms with Gasteiger partial charge in [-0.2, -0.15) is 0 Å². The number of halogens is 3. The SMILES string of the molecule is CCNC(Cc1cccc(F)c1F)c1sccc1Cl. The van der Waals surface area contributed by atoms with Crippen molar-refractivity contribution in [2.24, 2.45) is 0 Å². The van der Waals surface area contributed by atoms with Gasteiger partial charge in [0.25, 0.3) is 0 Å². The van der Waals surface area contributed by atoms with Crippen molar-refractivity contribution in [2.75, 3.05) is 6.54 Å². The van der Waals surface area contributed by atoms with Gasteiger partial charge in [-0.3, -0.25) is 0 Å². The Morgan fingerprint density at radius 1 is 1.32 bits per heavy atom. The molecule has 1 nitrogen and oxygen atoms in total. The molecule has 5 heteroatoms. The van der Waals surface area contributed by atoms with E-state index in [1.807, 2.05) is 18.4 Å². The number of hydrogen-bond acceptors (Lipinski definition) is 2. The summed E-state index contributed by atoms with van der Waals surface area (Å²) in [7, 11) is 0. The van der Waals surface area contributed by atoms with Crippen LogP contribution in [0.3, 0.4) is 0 Å². The third-order valence-electron chi connectivity index (χ3n) is 2.87. The fourth-order valence-electron chi connectivity index (χ4n) is 1.98. The lowest BCUT2D eigenvalue weighted by molar-refractivity contribution is 0.483. The Morgan fingerprint density at radius 3 is 2.74 bits per heavy atom. The molecule has 1 atom stereocenters. The largest absolute Gasteiger partial charge is 0.309 e. The molecule has 0 aliphatic heterocycles. The van der Waals surface area contributed by atoms with E-state index in [9.17, 15) is 8.78 Å².